The number of nitrogens with zero attached hydrogens (tertiary/aromatic N) is 2. The summed E-state index contributed by atoms with van der Waals surface area (Å²) in [6, 6.07) is 1.87. The number of pyridine rings is 1. The van der Waals surface area contributed by atoms with E-state index in [0.717, 1.165) is 37.6 Å². The van der Waals surface area contributed by atoms with Crippen molar-refractivity contribution in [2.45, 2.75) is 20.8 Å². The van der Waals surface area contributed by atoms with Gasteiger partial charge in [-0.15, -0.1) is 0 Å². The molecule has 0 unspecified atom stereocenters. The molecular formula is C14H21N3O2. The second kappa shape index (κ2) is 6.02. The second-order valence-corrected chi connectivity index (χ2v) is 5.09. The number of carbonyl (C=O) groups is 1. The van der Waals surface area contributed by atoms with E-state index >= 15 is 0 Å². The number of hydrogen-bond donors (Lipinski definition) is 1. The lowest BCUT2D eigenvalue weighted by Gasteiger charge is -2.30. The van der Waals surface area contributed by atoms with E-state index < -0.39 is 0 Å². The molecule has 0 spiro atoms. The third-order valence-corrected chi connectivity index (χ3v) is 3.17. The summed E-state index contributed by atoms with van der Waals surface area (Å²) in [6.07, 6.45) is 1.76. The lowest BCUT2D eigenvalue weighted by molar-refractivity contribution is -0.137. The first kappa shape index (κ1) is 13.8. The molecule has 1 fully saturated rings. The molecule has 0 saturated carbocycles. The minimum atomic E-state index is -0.215. The maximum Gasteiger partial charge on any atom is 0.313 e. The average Bonchev–Trinajstić information content (AvgIpc) is 2.41. The Morgan fingerprint density at radius 3 is 2.74 bits per heavy atom. The first-order valence-electron chi connectivity index (χ1n) is 6.72. The van der Waals surface area contributed by atoms with Gasteiger partial charge in [0.1, 0.15) is 0 Å². The van der Waals surface area contributed by atoms with Gasteiger partial charge >= 0.3 is 5.97 Å². The van der Waals surface area contributed by atoms with Gasteiger partial charge in [-0.3, -0.25) is 4.79 Å². The standard InChI is InChI=1S/C14H21N3O2/c1-10(2)14(18)19-12-11(3)4-5-16-13(12)17-8-6-15-7-9-17/h4-5,10,15H,6-9H2,1-3H3. The van der Waals surface area contributed by atoms with E-state index in [1.165, 1.54) is 0 Å². The number of anilines is 1. The molecule has 0 radical (unpaired) electrons. The van der Waals surface area contributed by atoms with Crippen LogP contribution in [0.1, 0.15) is 19.4 Å². The highest BCUT2D eigenvalue weighted by atomic mass is 16.5. The monoisotopic (exact) mass is 263 g/mol. The van der Waals surface area contributed by atoms with E-state index in [0.29, 0.717) is 5.75 Å². The normalized spacial score (nSPS) is 15.7. The van der Waals surface area contributed by atoms with Crippen LogP contribution in [0.15, 0.2) is 12.3 Å². The first-order chi connectivity index (χ1) is 9.09. The fourth-order valence-electron chi connectivity index (χ4n) is 1.98. The maximum atomic E-state index is 11.8. The zero-order valence-electron chi connectivity index (χ0n) is 11.8. The summed E-state index contributed by atoms with van der Waals surface area (Å²) in [7, 11) is 0. The van der Waals surface area contributed by atoms with Crippen molar-refractivity contribution in [1.29, 1.82) is 0 Å². The molecule has 1 N–H and O–H groups in total. The van der Waals surface area contributed by atoms with Crippen molar-refractivity contribution in [3.05, 3.63) is 17.8 Å². The summed E-state index contributed by atoms with van der Waals surface area (Å²) < 4.78 is 5.53. The summed E-state index contributed by atoms with van der Waals surface area (Å²) in [4.78, 5) is 18.4. The Morgan fingerprint density at radius 2 is 2.11 bits per heavy atom. The molecule has 0 aliphatic carbocycles. The number of piperazine rings is 1. The number of ether oxygens (including phenoxy) is 1. The van der Waals surface area contributed by atoms with Gasteiger partial charge in [-0.25, -0.2) is 4.98 Å². The van der Waals surface area contributed by atoms with Gasteiger partial charge < -0.3 is 15.0 Å². The molecule has 0 amide bonds. The molecular weight excluding hydrogens is 242 g/mol. The zero-order chi connectivity index (χ0) is 13.8. The van der Waals surface area contributed by atoms with Gasteiger partial charge in [-0.2, -0.15) is 0 Å². The Balaban J connectivity index is 2.27. The van der Waals surface area contributed by atoms with Crippen molar-refractivity contribution < 1.29 is 9.53 Å². The lowest BCUT2D eigenvalue weighted by atomic mass is 10.2. The Kier molecular flexibility index (Phi) is 4.37. The van der Waals surface area contributed by atoms with Crippen LogP contribution < -0.4 is 15.0 Å². The van der Waals surface area contributed by atoms with Crippen LogP contribution in [0.2, 0.25) is 0 Å². The summed E-state index contributed by atoms with van der Waals surface area (Å²) in [5, 5.41) is 3.30. The van der Waals surface area contributed by atoms with Gasteiger partial charge in [-0.1, -0.05) is 13.8 Å². The van der Waals surface area contributed by atoms with Crippen LogP contribution in [0, 0.1) is 12.8 Å². The number of hydrogen-bond acceptors (Lipinski definition) is 5. The predicted octanol–water partition coefficient (Wildman–Crippen LogP) is 1.36. The van der Waals surface area contributed by atoms with Crippen molar-refractivity contribution in [3.63, 3.8) is 0 Å². The maximum absolute atomic E-state index is 11.8. The molecule has 1 aromatic heterocycles. The minimum Gasteiger partial charge on any atom is -0.422 e. The highest BCUT2D eigenvalue weighted by Crippen LogP contribution is 2.30. The highest BCUT2D eigenvalue weighted by molar-refractivity contribution is 5.76. The van der Waals surface area contributed by atoms with Crippen molar-refractivity contribution >= 4 is 11.8 Å². The molecule has 1 aliphatic heterocycles. The molecule has 1 aliphatic rings. The minimum absolute atomic E-state index is 0.143. The van der Waals surface area contributed by atoms with Crippen molar-refractivity contribution in [1.82, 2.24) is 10.3 Å². The SMILES string of the molecule is Cc1ccnc(N2CCNCC2)c1OC(=O)C(C)C. The van der Waals surface area contributed by atoms with Crippen LogP contribution in [0.25, 0.3) is 0 Å². The Labute approximate surface area is 114 Å². The van der Waals surface area contributed by atoms with Gasteiger partial charge in [0.15, 0.2) is 11.6 Å². The van der Waals surface area contributed by atoms with Crippen LogP contribution in [-0.2, 0) is 4.79 Å². The van der Waals surface area contributed by atoms with E-state index in [9.17, 15) is 4.79 Å². The number of nitrogens with one attached hydrogen (secondary N) is 1. The fraction of sp³-hybridized carbons (Fsp3) is 0.571. The van der Waals surface area contributed by atoms with E-state index in [-0.39, 0.29) is 11.9 Å². The van der Waals surface area contributed by atoms with Gasteiger partial charge in [-0.05, 0) is 18.6 Å². The molecule has 2 rings (SSSR count). The summed E-state index contributed by atoms with van der Waals surface area (Å²) in [6.45, 7) is 9.21. The summed E-state index contributed by atoms with van der Waals surface area (Å²) in [5.74, 6) is 1.02. The molecule has 5 nitrogen and oxygen atoms in total. The van der Waals surface area contributed by atoms with Crippen LogP contribution in [0.4, 0.5) is 5.82 Å². The molecule has 104 valence electrons. The smallest absolute Gasteiger partial charge is 0.313 e. The topological polar surface area (TPSA) is 54.5 Å². The Morgan fingerprint density at radius 1 is 1.42 bits per heavy atom. The largest absolute Gasteiger partial charge is 0.422 e. The highest BCUT2D eigenvalue weighted by Gasteiger charge is 2.21. The average molecular weight is 263 g/mol. The lowest BCUT2D eigenvalue weighted by Crippen LogP contribution is -2.44. The predicted molar refractivity (Wildman–Crippen MR) is 74.5 cm³/mol. The van der Waals surface area contributed by atoms with Crippen molar-refractivity contribution in [2.75, 3.05) is 31.1 Å². The Hall–Kier alpha value is -1.62. The van der Waals surface area contributed by atoms with E-state index in [4.69, 9.17) is 4.74 Å². The van der Waals surface area contributed by atoms with Crippen molar-refractivity contribution in [2.24, 2.45) is 5.92 Å². The van der Waals surface area contributed by atoms with Gasteiger partial charge in [0, 0.05) is 32.4 Å². The second-order valence-electron chi connectivity index (χ2n) is 5.09. The molecule has 0 bridgehead atoms. The molecule has 1 saturated heterocycles. The third kappa shape index (κ3) is 3.23. The fourth-order valence-corrected chi connectivity index (χ4v) is 1.98. The van der Waals surface area contributed by atoms with Gasteiger partial charge in [0.05, 0.1) is 5.92 Å². The molecule has 2 heterocycles. The number of aryl methyl sites for hydroxylation is 1. The summed E-state index contributed by atoms with van der Waals surface area (Å²) >= 11 is 0. The van der Waals surface area contributed by atoms with Gasteiger partial charge in [0.2, 0.25) is 0 Å². The van der Waals surface area contributed by atoms with Crippen LogP contribution in [0.5, 0.6) is 5.75 Å². The molecule has 0 aromatic carbocycles. The molecule has 5 heteroatoms. The van der Waals surface area contributed by atoms with Gasteiger partial charge in [0.25, 0.3) is 0 Å². The Bertz CT molecular complexity index is 454. The number of esters is 1. The number of carbonyl (C=O) groups excluding carboxylic acids is 1. The molecule has 0 atom stereocenters. The first-order valence-corrected chi connectivity index (χ1v) is 6.72. The van der Waals surface area contributed by atoms with E-state index in [1.807, 2.05) is 26.8 Å². The van der Waals surface area contributed by atoms with E-state index in [1.54, 1.807) is 6.20 Å². The van der Waals surface area contributed by atoms with E-state index in [2.05, 4.69) is 15.2 Å². The molecule has 19 heavy (non-hydrogen) atoms. The number of aromatic nitrogens is 1. The quantitative estimate of drug-likeness (QED) is 0.835. The summed E-state index contributed by atoms with van der Waals surface area (Å²) in [5.41, 5.74) is 0.942. The van der Waals surface area contributed by atoms with Crippen LogP contribution in [-0.4, -0.2) is 37.1 Å². The van der Waals surface area contributed by atoms with Crippen molar-refractivity contribution in [3.8, 4) is 5.75 Å². The number of rotatable bonds is 3. The van der Waals surface area contributed by atoms with Crippen LogP contribution >= 0.6 is 0 Å². The zero-order valence-corrected chi connectivity index (χ0v) is 11.8. The van der Waals surface area contributed by atoms with Crippen LogP contribution in [0.3, 0.4) is 0 Å². The third-order valence-electron chi connectivity index (χ3n) is 3.17. The molecule has 1 aromatic rings.